The van der Waals surface area contributed by atoms with Crippen LogP contribution in [0.2, 0.25) is 0 Å². The zero-order valence-corrected chi connectivity index (χ0v) is 38.3. The van der Waals surface area contributed by atoms with Gasteiger partial charge in [0.2, 0.25) is 0 Å². The maximum atomic E-state index is 10.7. The van der Waals surface area contributed by atoms with Gasteiger partial charge in [0, 0.05) is 6.61 Å². The summed E-state index contributed by atoms with van der Waals surface area (Å²) in [6.45, 7) is 5.68. The highest BCUT2D eigenvalue weighted by molar-refractivity contribution is 4.92. The Hall–Kier alpha value is -0.780. The minimum absolute atomic E-state index is 0.00255. The number of hydrogen-bond donors (Lipinski definition) is 7. The molecule has 0 spiro atoms. The average molecular weight is 863 g/mol. The summed E-state index contributed by atoms with van der Waals surface area (Å²) in [7, 11) is 4.18. The Morgan fingerprint density at radius 1 is 0.500 bits per heavy atom. The van der Waals surface area contributed by atoms with Gasteiger partial charge in [-0.2, -0.15) is 0 Å². The van der Waals surface area contributed by atoms with Crippen molar-refractivity contribution in [2.75, 3.05) is 53.6 Å². The lowest BCUT2D eigenvalue weighted by atomic mass is 9.98. The van der Waals surface area contributed by atoms with Gasteiger partial charge < -0.3 is 63.9 Å². The summed E-state index contributed by atoms with van der Waals surface area (Å²) >= 11 is 0. The first-order valence-electron chi connectivity index (χ1n) is 24.3. The molecule has 356 valence electrons. The molecule has 13 heteroatoms. The molecule has 0 amide bonds. The third kappa shape index (κ3) is 23.8. The Balaban J connectivity index is 1.64. The predicted molar refractivity (Wildman–Crippen MR) is 235 cm³/mol. The number of rotatable bonds is 37. The molecule has 0 radical (unpaired) electrons. The SMILES string of the molecule is CCCCCCCC/C=C\CCCCCCCCO[C@@H]1O[C@H](CO[C@H]2O[C@H](COCC(O)C[N+](C)(C)CCCCCCCCCCCC)[C@@H](O)[C@H](O)[C@H]2O)[C@@H](O)[C@H](O)[C@H]1O. The van der Waals surface area contributed by atoms with E-state index in [0.717, 1.165) is 45.1 Å². The van der Waals surface area contributed by atoms with Crippen LogP contribution in [0.4, 0.5) is 0 Å². The van der Waals surface area contributed by atoms with Crippen LogP contribution in [0.3, 0.4) is 0 Å². The molecule has 1 unspecified atom stereocenters. The Morgan fingerprint density at radius 2 is 0.917 bits per heavy atom. The maximum Gasteiger partial charge on any atom is 0.186 e. The highest BCUT2D eigenvalue weighted by atomic mass is 16.7. The first-order chi connectivity index (χ1) is 28.9. The Kier molecular flexibility index (Phi) is 31.1. The van der Waals surface area contributed by atoms with Gasteiger partial charge in [0.1, 0.15) is 61.5 Å². The molecule has 0 saturated carbocycles. The van der Waals surface area contributed by atoms with Crippen molar-refractivity contribution in [2.24, 2.45) is 0 Å². The molecule has 60 heavy (non-hydrogen) atoms. The second-order valence-corrected chi connectivity index (χ2v) is 18.4. The van der Waals surface area contributed by atoms with Crippen molar-refractivity contribution in [2.45, 2.75) is 235 Å². The van der Waals surface area contributed by atoms with E-state index in [-0.39, 0.29) is 19.8 Å². The van der Waals surface area contributed by atoms with Crippen LogP contribution in [0.1, 0.15) is 168 Å². The van der Waals surface area contributed by atoms with E-state index in [1.807, 2.05) is 0 Å². The molecule has 0 aromatic carbocycles. The van der Waals surface area contributed by atoms with Crippen LogP contribution < -0.4 is 0 Å². The number of likely N-dealkylation sites (N-methyl/N-ethyl adjacent to an activating group) is 1. The van der Waals surface area contributed by atoms with Gasteiger partial charge in [-0.3, -0.25) is 0 Å². The summed E-state index contributed by atoms with van der Waals surface area (Å²) in [5.41, 5.74) is 0. The highest BCUT2D eigenvalue weighted by Crippen LogP contribution is 2.27. The Bertz CT molecular complexity index is 1040. The van der Waals surface area contributed by atoms with Gasteiger partial charge in [-0.1, -0.05) is 135 Å². The standard InChI is InChI=1S/C47H92NO12/c1-5-7-9-11-13-15-17-18-19-20-21-22-24-26-28-30-32-57-46-44(54)43(53)41(51)39(60-46)36-58-47-45(55)42(52)40(50)38(59-47)35-56-34-37(49)33-48(3,4)31-29-27-25-23-16-14-12-10-8-6-2/h18-19,37-47,49-55H,5-17,20-36H2,1-4H3/q+1/b19-18-/t37?,38-,39-,40-,41-,42+,43+,44-,45-,46-,47+/m1/s1. The van der Waals surface area contributed by atoms with Gasteiger partial charge in [0.15, 0.2) is 12.6 Å². The van der Waals surface area contributed by atoms with Crippen LogP contribution in [-0.2, 0) is 23.7 Å². The molecule has 2 aliphatic heterocycles. The first-order valence-corrected chi connectivity index (χ1v) is 24.3. The molecule has 11 atom stereocenters. The monoisotopic (exact) mass is 863 g/mol. The number of ether oxygens (including phenoxy) is 5. The summed E-state index contributed by atoms with van der Waals surface area (Å²) in [6, 6.07) is 0. The number of aliphatic hydroxyl groups excluding tert-OH is 7. The topological polar surface area (TPSA) is 188 Å². The van der Waals surface area contributed by atoms with Crippen LogP contribution in [0, 0.1) is 0 Å². The number of unbranched alkanes of at least 4 members (excludes halogenated alkanes) is 21. The van der Waals surface area contributed by atoms with Crippen molar-refractivity contribution in [1.29, 1.82) is 0 Å². The van der Waals surface area contributed by atoms with E-state index in [1.165, 1.54) is 116 Å². The number of allylic oxidation sites excluding steroid dienone is 2. The van der Waals surface area contributed by atoms with Crippen molar-refractivity contribution in [3.8, 4) is 0 Å². The van der Waals surface area contributed by atoms with Gasteiger partial charge in [-0.25, -0.2) is 0 Å². The summed E-state index contributed by atoms with van der Waals surface area (Å²) < 4.78 is 29.4. The first kappa shape index (κ1) is 55.4. The smallest absolute Gasteiger partial charge is 0.186 e. The summed E-state index contributed by atoms with van der Waals surface area (Å²) in [5, 5.41) is 74.3. The van der Waals surface area contributed by atoms with E-state index in [4.69, 9.17) is 23.7 Å². The van der Waals surface area contributed by atoms with Crippen molar-refractivity contribution >= 4 is 0 Å². The lowest BCUT2D eigenvalue weighted by Gasteiger charge is -2.43. The van der Waals surface area contributed by atoms with Crippen molar-refractivity contribution < 1.29 is 63.9 Å². The number of aliphatic hydroxyl groups is 7. The lowest BCUT2D eigenvalue weighted by Crippen LogP contribution is -2.61. The Labute approximate surface area is 364 Å². The molecule has 0 aromatic rings. The predicted octanol–water partition coefficient (Wildman–Crippen LogP) is 6.05. The maximum absolute atomic E-state index is 10.7. The van der Waals surface area contributed by atoms with Gasteiger partial charge in [0.05, 0.1) is 40.5 Å². The summed E-state index contributed by atoms with van der Waals surface area (Å²) in [6.07, 6.45) is 19.1. The van der Waals surface area contributed by atoms with Crippen LogP contribution in [-0.4, -0.2) is 161 Å². The zero-order valence-electron chi connectivity index (χ0n) is 38.3. The van der Waals surface area contributed by atoms with Gasteiger partial charge in [0.25, 0.3) is 0 Å². The molecule has 2 fully saturated rings. The molecule has 0 bridgehead atoms. The van der Waals surface area contributed by atoms with Gasteiger partial charge in [-0.15, -0.1) is 0 Å². The van der Waals surface area contributed by atoms with Crippen molar-refractivity contribution in [3.05, 3.63) is 12.2 Å². The molecule has 13 nitrogen and oxygen atoms in total. The molecular weight excluding hydrogens is 771 g/mol. The minimum Gasteiger partial charge on any atom is -0.387 e. The van der Waals surface area contributed by atoms with E-state index < -0.39 is 67.5 Å². The van der Waals surface area contributed by atoms with E-state index in [0.29, 0.717) is 17.6 Å². The third-order valence-electron chi connectivity index (χ3n) is 12.1. The molecule has 0 aliphatic carbocycles. The van der Waals surface area contributed by atoms with E-state index in [2.05, 4.69) is 40.1 Å². The van der Waals surface area contributed by atoms with E-state index >= 15 is 0 Å². The van der Waals surface area contributed by atoms with Crippen LogP contribution in [0.15, 0.2) is 12.2 Å². The van der Waals surface area contributed by atoms with Crippen LogP contribution in [0.25, 0.3) is 0 Å². The van der Waals surface area contributed by atoms with E-state index in [9.17, 15) is 35.7 Å². The highest BCUT2D eigenvalue weighted by Gasteiger charge is 2.47. The zero-order chi connectivity index (χ0) is 44.0. The Morgan fingerprint density at radius 3 is 1.42 bits per heavy atom. The third-order valence-corrected chi connectivity index (χ3v) is 12.1. The molecule has 0 aromatic heterocycles. The van der Waals surface area contributed by atoms with Crippen molar-refractivity contribution in [3.63, 3.8) is 0 Å². The molecule has 2 aliphatic rings. The molecule has 2 saturated heterocycles. The second kappa shape index (κ2) is 33.7. The summed E-state index contributed by atoms with van der Waals surface area (Å²) in [5.74, 6) is 0. The quantitative estimate of drug-likeness (QED) is 0.0218. The number of quaternary nitrogens is 1. The fourth-order valence-corrected chi connectivity index (χ4v) is 8.18. The van der Waals surface area contributed by atoms with Crippen LogP contribution >= 0.6 is 0 Å². The van der Waals surface area contributed by atoms with Crippen molar-refractivity contribution in [1.82, 2.24) is 0 Å². The molecule has 7 N–H and O–H groups in total. The number of nitrogens with zero attached hydrogens (tertiary/aromatic N) is 1. The summed E-state index contributed by atoms with van der Waals surface area (Å²) in [4.78, 5) is 0. The van der Waals surface area contributed by atoms with Gasteiger partial charge >= 0.3 is 0 Å². The largest absolute Gasteiger partial charge is 0.387 e. The number of hydrogen-bond acceptors (Lipinski definition) is 12. The average Bonchev–Trinajstić information content (AvgIpc) is 3.22. The fourth-order valence-electron chi connectivity index (χ4n) is 8.18. The van der Waals surface area contributed by atoms with Crippen LogP contribution in [0.5, 0.6) is 0 Å². The normalized spacial score (nSPS) is 28.2. The molecular formula is C47H92NO12+. The van der Waals surface area contributed by atoms with E-state index in [1.54, 1.807) is 0 Å². The van der Waals surface area contributed by atoms with Gasteiger partial charge in [-0.05, 0) is 44.9 Å². The molecule has 2 rings (SSSR count). The minimum atomic E-state index is -1.62. The molecule has 2 heterocycles. The lowest BCUT2D eigenvalue weighted by molar-refractivity contribution is -0.893. The fraction of sp³-hybridized carbons (Fsp3) is 0.957. The second-order valence-electron chi connectivity index (χ2n) is 18.4.